The van der Waals surface area contributed by atoms with Crippen molar-refractivity contribution in [1.82, 2.24) is 0 Å². The van der Waals surface area contributed by atoms with Crippen molar-refractivity contribution in [3.63, 3.8) is 0 Å². The molecule has 0 aliphatic rings. The van der Waals surface area contributed by atoms with E-state index in [4.69, 9.17) is 18.5 Å². The monoisotopic (exact) mass is 842 g/mol. The van der Waals surface area contributed by atoms with Crippen molar-refractivity contribution in [3.8, 4) is 0 Å². The maximum absolute atomic E-state index is 12.6. The van der Waals surface area contributed by atoms with Crippen LogP contribution in [0.1, 0.15) is 219 Å². The van der Waals surface area contributed by atoms with Crippen LogP contribution in [-0.4, -0.2) is 70.0 Å². The Bertz CT molecular complexity index is 1040. The van der Waals surface area contributed by atoms with E-state index in [1.165, 1.54) is 135 Å². The number of carbonyl (C=O) groups is 2. The van der Waals surface area contributed by atoms with E-state index >= 15 is 0 Å². The molecular weight excluding hydrogens is 750 g/mol. The lowest BCUT2D eigenvalue weighted by Gasteiger charge is -2.28. The van der Waals surface area contributed by atoms with Crippen LogP contribution in [0.2, 0.25) is 0 Å². The Labute approximate surface area is 358 Å². The van der Waals surface area contributed by atoms with Crippen LogP contribution in [0.5, 0.6) is 0 Å². The quantitative estimate of drug-likeness (QED) is 0.0196. The van der Waals surface area contributed by atoms with Crippen molar-refractivity contribution in [2.45, 2.75) is 225 Å². The predicted molar refractivity (Wildman–Crippen MR) is 241 cm³/mol. The number of allylic oxidation sites excluding steroid dienone is 4. The topological polar surface area (TPSA) is 111 Å². The highest BCUT2D eigenvalue weighted by molar-refractivity contribution is 7.45. The van der Waals surface area contributed by atoms with Gasteiger partial charge in [-0.05, 0) is 44.9 Å². The van der Waals surface area contributed by atoms with Gasteiger partial charge in [0.15, 0.2) is 6.10 Å². The standard InChI is InChI=1S/C48H92NO8P/c1-6-8-10-12-13-14-15-16-17-18-19-20-21-22-23-24-25-26-27-28-29-30-31-32-33-34-35-37-39-41-48(51)57-46(44-54-47(50)40-38-36-11-9-7-2)45-56-58(52,53)55-43-42-49(3,4)5/h15-16,18-19,46H,6-14,17,20-45H2,1-5H3/b16-15-,19-18-. The Hall–Kier alpha value is -1.51. The number of hydrogen-bond acceptors (Lipinski definition) is 8. The van der Waals surface area contributed by atoms with E-state index in [1.807, 2.05) is 21.1 Å². The van der Waals surface area contributed by atoms with E-state index in [-0.39, 0.29) is 26.1 Å². The van der Waals surface area contributed by atoms with Gasteiger partial charge in [0.05, 0.1) is 27.7 Å². The lowest BCUT2D eigenvalue weighted by molar-refractivity contribution is -0.870. The average molecular weight is 842 g/mol. The molecule has 0 saturated carbocycles. The summed E-state index contributed by atoms with van der Waals surface area (Å²) in [6.07, 6.45) is 45.6. The molecule has 0 radical (unpaired) electrons. The molecule has 0 heterocycles. The molecule has 58 heavy (non-hydrogen) atoms. The second kappa shape index (κ2) is 40.9. The normalized spacial score (nSPS) is 13.7. The molecular formula is C48H92NO8P. The zero-order valence-electron chi connectivity index (χ0n) is 38.5. The molecule has 2 unspecified atom stereocenters. The summed E-state index contributed by atoms with van der Waals surface area (Å²) < 4.78 is 33.7. The highest BCUT2D eigenvalue weighted by Crippen LogP contribution is 2.38. The second-order valence-corrected chi connectivity index (χ2v) is 18.9. The average Bonchev–Trinajstić information content (AvgIpc) is 3.17. The number of esters is 2. The molecule has 0 bridgehead atoms. The maximum atomic E-state index is 12.6. The number of ether oxygens (including phenoxy) is 2. The Morgan fingerprint density at radius 3 is 1.36 bits per heavy atom. The highest BCUT2D eigenvalue weighted by Gasteiger charge is 2.21. The fraction of sp³-hybridized carbons (Fsp3) is 0.875. The van der Waals surface area contributed by atoms with Crippen LogP contribution in [0, 0.1) is 0 Å². The van der Waals surface area contributed by atoms with Crippen molar-refractivity contribution < 1.29 is 42.1 Å². The van der Waals surface area contributed by atoms with Crippen LogP contribution in [0.3, 0.4) is 0 Å². The summed E-state index contributed by atoms with van der Waals surface area (Å²) in [4.78, 5) is 37.2. The summed E-state index contributed by atoms with van der Waals surface area (Å²) in [6, 6.07) is 0. The molecule has 9 nitrogen and oxygen atoms in total. The van der Waals surface area contributed by atoms with E-state index in [0.717, 1.165) is 51.4 Å². The predicted octanol–water partition coefficient (Wildman–Crippen LogP) is 13.3. The number of phosphoric acid groups is 1. The van der Waals surface area contributed by atoms with Crippen molar-refractivity contribution >= 4 is 19.8 Å². The SMILES string of the molecule is CCCCCCC/C=C\C/C=C\CCCCCCCCCCCCCCCCCCCC(=O)OC(COC(=O)CCCCCCC)COP(=O)([O-])OCC[N+](C)(C)C. The van der Waals surface area contributed by atoms with E-state index in [9.17, 15) is 19.0 Å². The van der Waals surface area contributed by atoms with Gasteiger partial charge in [0, 0.05) is 12.8 Å². The summed E-state index contributed by atoms with van der Waals surface area (Å²) in [5.41, 5.74) is 0. The Morgan fingerprint density at radius 2 is 0.931 bits per heavy atom. The lowest BCUT2D eigenvalue weighted by Crippen LogP contribution is -2.37. The smallest absolute Gasteiger partial charge is 0.306 e. The molecule has 0 aromatic carbocycles. The fourth-order valence-electron chi connectivity index (χ4n) is 6.69. The third kappa shape index (κ3) is 44.1. The molecule has 0 rings (SSSR count). The molecule has 0 aromatic heterocycles. The van der Waals surface area contributed by atoms with Crippen LogP contribution in [-0.2, 0) is 32.7 Å². The molecule has 0 amide bonds. The minimum absolute atomic E-state index is 0.0286. The molecule has 342 valence electrons. The van der Waals surface area contributed by atoms with Crippen molar-refractivity contribution in [3.05, 3.63) is 24.3 Å². The van der Waals surface area contributed by atoms with Gasteiger partial charge in [0.2, 0.25) is 0 Å². The van der Waals surface area contributed by atoms with Crippen LogP contribution >= 0.6 is 7.82 Å². The van der Waals surface area contributed by atoms with E-state index in [0.29, 0.717) is 17.4 Å². The first kappa shape index (κ1) is 56.5. The van der Waals surface area contributed by atoms with Gasteiger partial charge in [0.1, 0.15) is 19.8 Å². The highest BCUT2D eigenvalue weighted by atomic mass is 31.2. The number of carbonyl (C=O) groups excluding carboxylic acids is 2. The summed E-state index contributed by atoms with van der Waals surface area (Å²) in [5.74, 6) is -0.841. The second-order valence-electron chi connectivity index (χ2n) is 17.5. The molecule has 0 aliphatic carbocycles. The molecule has 0 aliphatic heterocycles. The van der Waals surface area contributed by atoms with Crippen molar-refractivity contribution in [2.24, 2.45) is 0 Å². The number of unbranched alkanes of at least 4 members (excludes halogenated alkanes) is 26. The third-order valence-corrected chi connectivity index (χ3v) is 11.4. The van der Waals surface area contributed by atoms with Crippen LogP contribution in [0.4, 0.5) is 0 Å². The summed E-state index contributed by atoms with van der Waals surface area (Å²) in [6.45, 7) is 4.14. The Morgan fingerprint density at radius 1 is 0.534 bits per heavy atom. The molecule has 2 atom stereocenters. The van der Waals surface area contributed by atoms with E-state index in [1.54, 1.807) is 0 Å². The van der Waals surface area contributed by atoms with Gasteiger partial charge in [-0.15, -0.1) is 0 Å². The largest absolute Gasteiger partial charge is 0.756 e. The zero-order valence-corrected chi connectivity index (χ0v) is 39.4. The van der Waals surface area contributed by atoms with E-state index in [2.05, 4.69) is 38.2 Å². The molecule has 0 N–H and O–H groups in total. The molecule has 10 heteroatoms. The zero-order chi connectivity index (χ0) is 42.8. The Balaban J connectivity index is 3.92. The van der Waals surface area contributed by atoms with Gasteiger partial charge in [-0.2, -0.15) is 0 Å². The fourth-order valence-corrected chi connectivity index (χ4v) is 7.41. The number of likely N-dealkylation sites (N-methyl/N-ethyl adjacent to an activating group) is 1. The first-order valence-corrected chi connectivity index (χ1v) is 25.5. The molecule has 0 aromatic rings. The first-order chi connectivity index (χ1) is 28.0. The number of rotatable bonds is 44. The van der Waals surface area contributed by atoms with Crippen LogP contribution in [0.15, 0.2) is 24.3 Å². The van der Waals surface area contributed by atoms with Gasteiger partial charge in [-0.25, -0.2) is 0 Å². The van der Waals surface area contributed by atoms with Gasteiger partial charge >= 0.3 is 11.9 Å². The summed E-state index contributed by atoms with van der Waals surface area (Å²) in [7, 11) is 1.17. The van der Waals surface area contributed by atoms with E-state index < -0.39 is 32.5 Å². The number of nitrogens with zero attached hydrogens (tertiary/aromatic N) is 1. The van der Waals surface area contributed by atoms with Gasteiger partial charge in [-0.1, -0.05) is 186 Å². The summed E-state index contributed by atoms with van der Waals surface area (Å²) in [5, 5.41) is 0. The maximum Gasteiger partial charge on any atom is 0.306 e. The Kier molecular flexibility index (Phi) is 39.8. The van der Waals surface area contributed by atoms with Crippen LogP contribution < -0.4 is 4.89 Å². The number of hydrogen-bond donors (Lipinski definition) is 0. The third-order valence-electron chi connectivity index (χ3n) is 10.5. The minimum Gasteiger partial charge on any atom is -0.756 e. The van der Waals surface area contributed by atoms with Crippen molar-refractivity contribution in [1.29, 1.82) is 0 Å². The minimum atomic E-state index is -4.61. The van der Waals surface area contributed by atoms with Crippen molar-refractivity contribution in [2.75, 3.05) is 47.5 Å². The van der Waals surface area contributed by atoms with Gasteiger partial charge in [-0.3, -0.25) is 14.2 Å². The lowest BCUT2D eigenvalue weighted by atomic mass is 10.0. The molecule has 0 saturated heterocycles. The van der Waals surface area contributed by atoms with Gasteiger partial charge < -0.3 is 27.9 Å². The first-order valence-electron chi connectivity index (χ1n) is 24.0. The number of phosphoric ester groups is 1. The van der Waals surface area contributed by atoms with Gasteiger partial charge in [0.25, 0.3) is 7.82 Å². The summed E-state index contributed by atoms with van der Waals surface area (Å²) >= 11 is 0. The van der Waals surface area contributed by atoms with Crippen LogP contribution in [0.25, 0.3) is 0 Å². The molecule has 0 spiro atoms. The number of quaternary nitrogens is 1. The molecule has 0 fully saturated rings.